The van der Waals surface area contributed by atoms with Crippen LogP contribution in [0.15, 0.2) is 42.5 Å². The third-order valence-corrected chi connectivity index (χ3v) is 3.90. The highest BCUT2D eigenvalue weighted by Gasteiger charge is 2.13. The van der Waals surface area contributed by atoms with E-state index in [1.807, 2.05) is 37.3 Å². The lowest BCUT2D eigenvalue weighted by Crippen LogP contribution is -2.28. The van der Waals surface area contributed by atoms with Gasteiger partial charge in [0.1, 0.15) is 5.75 Å². The standard InChI is InChI=1S/C20H24N2O3/c1-14-5-10-19(25-4)17(11-14)13-22(3)20(24)12-16-6-8-18(9-7-16)21-15(2)23/h5-11H,12-13H2,1-4H3,(H,21,23). The van der Waals surface area contributed by atoms with Crippen LogP contribution in [0.4, 0.5) is 5.69 Å². The molecular formula is C20H24N2O3. The molecule has 5 heteroatoms. The first kappa shape index (κ1) is 18.5. The first-order valence-electron chi connectivity index (χ1n) is 8.13. The molecule has 2 amide bonds. The quantitative estimate of drug-likeness (QED) is 0.879. The zero-order valence-electron chi connectivity index (χ0n) is 15.1. The number of rotatable bonds is 6. The van der Waals surface area contributed by atoms with E-state index in [4.69, 9.17) is 4.74 Å². The minimum atomic E-state index is -0.115. The van der Waals surface area contributed by atoms with Gasteiger partial charge in [-0.3, -0.25) is 9.59 Å². The zero-order valence-corrected chi connectivity index (χ0v) is 15.1. The zero-order chi connectivity index (χ0) is 18.4. The van der Waals surface area contributed by atoms with E-state index >= 15 is 0 Å². The fraction of sp³-hybridized carbons (Fsp3) is 0.300. The van der Waals surface area contributed by atoms with E-state index in [1.165, 1.54) is 6.92 Å². The number of nitrogens with zero attached hydrogens (tertiary/aromatic N) is 1. The molecule has 5 nitrogen and oxygen atoms in total. The molecular weight excluding hydrogens is 316 g/mol. The number of aryl methyl sites for hydroxylation is 1. The SMILES string of the molecule is COc1ccc(C)cc1CN(C)C(=O)Cc1ccc(NC(C)=O)cc1. The van der Waals surface area contributed by atoms with Gasteiger partial charge in [-0.25, -0.2) is 0 Å². The maximum atomic E-state index is 12.5. The molecule has 0 spiro atoms. The number of hydrogen-bond acceptors (Lipinski definition) is 3. The van der Waals surface area contributed by atoms with E-state index in [-0.39, 0.29) is 11.8 Å². The van der Waals surface area contributed by atoms with Crippen LogP contribution in [-0.2, 0) is 22.6 Å². The van der Waals surface area contributed by atoms with Gasteiger partial charge in [-0.05, 0) is 30.7 Å². The van der Waals surface area contributed by atoms with Crippen LogP contribution >= 0.6 is 0 Å². The van der Waals surface area contributed by atoms with Gasteiger partial charge >= 0.3 is 0 Å². The average Bonchev–Trinajstić information content (AvgIpc) is 2.56. The monoisotopic (exact) mass is 340 g/mol. The summed E-state index contributed by atoms with van der Waals surface area (Å²) in [7, 11) is 3.42. The van der Waals surface area contributed by atoms with Crippen molar-refractivity contribution in [2.75, 3.05) is 19.5 Å². The lowest BCUT2D eigenvalue weighted by molar-refractivity contribution is -0.129. The summed E-state index contributed by atoms with van der Waals surface area (Å²) in [6.07, 6.45) is 0.310. The first-order valence-corrected chi connectivity index (χ1v) is 8.13. The second-order valence-electron chi connectivity index (χ2n) is 6.12. The van der Waals surface area contributed by atoms with Crippen LogP contribution < -0.4 is 10.1 Å². The van der Waals surface area contributed by atoms with Crippen molar-refractivity contribution >= 4 is 17.5 Å². The Kier molecular flexibility index (Phi) is 6.17. The molecule has 0 aliphatic rings. The predicted molar refractivity (Wildman–Crippen MR) is 98.7 cm³/mol. The fourth-order valence-corrected chi connectivity index (χ4v) is 2.59. The number of amides is 2. The van der Waals surface area contributed by atoms with Crippen molar-refractivity contribution < 1.29 is 14.3 Å². The Morgan fingerprint density at radius 2 is 1.80 bits per heavy atom. The van der Waals surface area contributed by atoms with Crippen molar-refractivity contribution in [2.24, 2.45) is 0 Å². The van der Waals surface area contributed by atoms with Crippen molar-refractivity contribution in [3.63, 3.8) is 0 Å². The molecule has 2 aromatic carbocycles. The third-order valence-electron chi connectivity index (χ3n) is 3.90. The summed E-state index contributed by atoms with van der Waals surface area (Å²) >= 11 is 0. The molecule has 0 saturated carbocycles. The largest absolute Gasteiger partial charge is 0.496 e. The highest BCUT2D eigenvalue weighted by Crippen LogP contribution is 2.21. The van der Waals surface area contributed by atoms with E-state index in [0.717, 1.165) is 28.1 Å². The minimum absolute atomic E-state index is 0.0239. The average molecular weight is 340 g/mol. The molecule has 0 aliphatic carbocycles. The van der Waals surface area contributed by atoms with Crippen LogP contribution in [0.25, 0.3) is 0 Å². The first-order chi connectivity index (χ1) is 11.9. The Labute approximate surface area is 148 Å². The van der Waals surface area contributed by atoms with E-state index in [2.05, 4.69) is 5.32 Å². The Hall–Kier alpha value is -2.82. The summed E-state index contributed by atoms with van der Waals surface area (Å²) in [5.74, 6) is 0.691. The van der Waals surface area contributed by atoms with Crippen LogP contribution in [0.5, 0.6) is 5.75 Å². The molecule has 25 heavy (non-hydrogen) atoms. The summed E-state index contributed by atoms with van der Waals surface area (Å²) < 4.78 is 5.37. The van der Waals surface area contributed by atoms with E-state index in [1.54, 1.807) is 31.2 Å². The van der Waals surface area contributed by atoms with Crippen molar-refractivity contribution in [2.45, 2.75) is 26.8 Å². The number of hydrogen-bond donors (Lipinski definition) is 1. The molecule has 132 valence electrons. The maximum absolute atomic E-state index is 12.5. The number of likely N-dealkylation sites (N-methyl/N-ethyl adjacent to an activating group) is 1. The van der Waals surface area contributed by atoms with Gasteiger partial charge in [0, 0.05) is 31.8 Å². The minimum Gasteiger partial charge on any atom is -0.496 e. The van der Waals surface area contributed by atoms with Crippen LogP contribution in [0.1, 0.15) is 23.6 Å². The lowest BCUT2D eigenvalue weighted by atomic mass is 10.1. The van der Waals surface area contributed by atoms with E-state index in [9.17, 15) is 9.59 Å². The maximum Gasteiger partial charge on any atom is 0.227 e. The van der Waals surface area contributed by atoms with E-state index < -0.39 is 0 Å². The number of carbonyl (C=O) groups excluding carboxylic acids is 2. The molecule has 0 aromatic heterocycles. The molecule has 0 radical (unpaired) electrons. The van der Waals surface area contributed by atoms with Crippen LogP contribution in [0.2, 0.25) is 0 Å². The van der Waals surface area contributed by atoms with Gasteiger partial charge < -0.3 is 15.0 Å². The molecule has 0 unspecified atom stereocenters. The predicted octanol–water partition coefficient (Wildman–Crippen LogP) is 3.16. The van der Waals surface area contributed by atoms with E-state index in [0.29, 0.717) is 13.0 Å². The number of anilines is 1. The summed E-state index contributed by atoms with van der Waals surface area (Å²) in [6, 6.07) is 13.2. The van der Waals surface area contributed by atoms with Crippen molar-refractivity contribution in [1.82, 2.24) is 4.90 Å². The normalized spacial score (nSPS) is 10.2. The van der Waals surface area contributed by atoms with Crippen LogP contribution in [0, 0.1) is 6.92 Å². The van der Waals surface area contributed by atoms with Gasteiger partial charge in [-0.15, -0.1) is 0 Å². The Morgan fingerprint density at radius 3 is 2.40 bits per heavy atom. The number of methoxy groups -OCH3 is 1. The number of ether oxygens (including phenoxy) is 1. The molecule has 2 rings (SSSR count). The molecule has 0 heterocycles. The summed E-state index contributed by atoms with van der Waals surface area (Å²) in [6.45, 7) is 3.97. The van der Waals surface area contributed by atoms with Gasteiger partial charge in [-0.1, -0.05) is 29.8 Å². The van der Waals surface area contributed by atoms with Gasteiger partial charge in [0.15, 0.2) is 0 Å². The summed E-state index contributed by atoms with van der Waals surface area (Å²) in [4.78, 5) is 25.2. The molecule has 0 aliphatic heterocycles. The van der Waals surface area contributed by atoms with Crippen molar-refractivity contribution in [1.29, 1.82) is 0 Å². The summed E-state index contributed by atoms with van der Waals surface area (Å²) in [5.41, 5.74) is 3.74. The van der Waals surface area contributed by atoms with Crippen LogP contribution in [0.3, 0.4) is 0 Å². The number of carbonyl (C=O) groups is 2. The van der Waals surface area contributed by atoms with Gasteiger partial charge in [-0.2, -0.15) is 0 Å². The molecule has 2 aromatic rings. The highest BCUT2D eigenvalue weighted by molar-refractivity contribution is 5.88. The second kappa shape index (κ2) is 8.33. The Bertz CT molecular complexity index is 754. The van der Waals surface area contributed by atoms with Crippen molar-refractivity contribution in [3.05, 3.63) is 59.2 Å². The highest BCUT2D eigenvalue weighted by atomic mass is 16.5. The number of nitrogens with one attached hydrogen (secondary N) is 1. The van der Waals surface area contributed by atoms with Crippen molar-refractivity contribution in [3.8, 4) is 5.75 Å². The molecule has 0 atom stereocenters. The number of benzene rings is 2. The molecule has 0 saturated heterocycles. The fourth-order valence-electron chi connectivity index (χ4n) is 2.59. The summed E-state index contributed by atoms with van der Waals surface area (Å²) in [5, 5.41) is 2.71. The molecule has 0 bridgehead atoms. The molecule has 0 fully saturated rings. The molecule has 1 N–H and O–H groups in total. The second-order valence-corrected chi connectivity index (χ2v) is 6.12. The van der Waals surface area contributed by atoms with Crippen LogP contribution in [-0.4, -0.2) is 30.9 Å². The third kappa shape index (κ3) is 5.35. The Morgan fingerprint density at radius 1 is 1.12 bits per heavy atom. The Balaban J connectivity index is 2.00. The smallest absolute Gasteiger partial charge is 0.227 e. The topological polar surface area (TPSA) is 58.6 Å². The lowest BCUT2D eigenvalue weighted by Gasteiger charge is -2.19. The van der Waals surface area contributed by atoms with Gasteiger partial charge in [0.05, 0.1) is 13.5 Å². The van der Waals surface area contributed by atoms with Gasteiger partial charge in [0.25, 0.3) is 0 Å². The van der Waals surface area contributed by atoms with Gasteiger partial charge in [0.2, 0.25) is 11.8 Å².